The fraction of sp³-hybridized carbons (Fsp3) is 0.0556. The molecule has 6 rings (SSSR count). The Morgan fingerprint density at radius 3 is 1.54 bits per heavy atom. The van der Waals surface area contributed by atoms with E-state index in [4.69, 9.17) is 0 Å². The molecule has 1 heteroatoms. The van der Waals surface area contributed by atoms with Gasteiger partial charge in [0.1, 0.15) is 0 Å². The van der Waals surface area contributed by atoms with Gasteiger partial charge in [-0.2, -0.15) is 0 Å². The van der Waals surface area contributed by atoms with E-state index in [0.717, 1.165) is 11.4 Å². The molecule has 6 aromatic carbocycles. The van der Waals surface area contributed by atoms with E-state index < -0.39 is 0 Å². The van der Waals surface area contributed by atoms with Crippen molar-refractivity contribution in [1.29, 1.82) is 0 Å². The average molecular weight is 476 g/mol. The number of benzene rings is 6. The minimum atomic E-state index is 0.339. The molecule has 0 aromatic heterocycles. The van der Waals surface area contributed by atoms with Crippen molar-refractivity contribution in [2.75, 3.05) is 5.32 Å². The van der Waals surface area contributed by atoms with E-state index in [2.05, 4.69) is 158 Å². The molecule has 0 fully saturated rings. The molecule has 0 heterocycles. The molecule has 0 aliphatic heterocycles. The molecule has 0 spiro atoms. The summed E-state index contributed by atoms with van der Waals surface area (Å²) in [6, 6.07) is 52.0. The van der Waals surface area contributed by atoms with Gasteiger partial charge in [0, 0.05) is 22.7 Å². The van der Waals surface area contributed by atoms with Gasteiger partial charge in [0.2, 0.25) is 0 Å². The van der Waals surface area contributed by atoms with Crippen molar-refractivity contribution >= 4 is 22.1 Å². The van der Waals surface area contributed by atoms with Crippen molar-refractivity contribution in [2.45, 2.75) is 12.8 Å². The summed E-state index contributed by atoms with van der Waals surface area (Å²) in [6.45, 7) is 2.28. The molecule has 37 heavy (non-hydrogen) atoms. The summed E-state index contributed by atoms with van der Waals surface area (Å²) < 4.78 is 0. The smallest absolute Gasteiger partial charge is 0.0463 e. The molecular formula is C36H29N. The van der Waals surface area contributed by atoms with Crippen LogP contribution in [-0.2, 0) is 0 Å². The molecule has 6 aromatic rings. The molecule has 1 nitrogen and oxygen atoms in total. The molecule has 1 N–H and O–H groups in total. The van der Waals surface area contributed by atoms with Gasteiger partial charge in [-0.15, -0.1) is 0 Å². The van der Waals surface area contributed by atoms with Crippen LogP contribution in [0.1, 0.15) is 24.0 Å². The van der Waals surface area contributed by atoms with Gasteiger partial charge in [0.05, 0.1) is 0 Å². The van der Waals surface area contributed by atoms with Crippen LogP contribution in [0.5, 0.6) is 0 Å². The lowest BCUT2D eigenvalue weighted by molar-refractivity contribution is 0.923. The highest BCUT2D eigenvalue weighted by Crippen LogP contribution is 2.31. The molecule has 0 radical (unpaired) electrons. The van der Waals surface area contributed by atoms with Crippen LogP contribution in [-0.4, -0.2) is 0 Å². The molecular weight excluding hydrogens is 446 g/mol. The lowest BCUT2D eigenvalue weighted by Gasteiger charge is -2.14. The predicted molar refractivity (Wildman–Crippen MR) is 159 cm³/mol. The molecule has 0 bridgehead atoms. The Balaban J connectivity index is 1.16. The Labute approximate surface area is 219 Å². The van der Waals surface area contributed by atoms with Gasteiger partial charge in [-0.3, -0.25) is 0 Å². The molecule has 0 amide bonds. The number of nitrogens with one attached hydrogen (secondary N) is 1. The second kappa shape index (κ2) is 10.2. The summed E-state index contributed by atoms with van der Waals surface area (Å²) >= 11 is 0. The molecule has 0 saturated heterocycles. The highest BCUT2D eigenvalue weighted by Gasteiger charge is 2.10. The minimum absolute atomic E-state index is 0.339. The zero-order valence-corrected chi connectivity index (χ0v) is 20.9. The van der Waals surface area contributed by atoms with Crippen molar-refractivity contribution in [3.05, 3.63) is 157 Å². The third kappa shape index (κ3) is 4.90. The minimum Gasteiger partial charge on any atom is -0.355 e. The van der Waals surface area contributed by atoms with Crippen molar-refractivity contribution in [3.63, 3.8) is 0 Å². The van der Waals surface area contributed by atoms with Gasteiger partial charge in [0.25, 0.3) is 0 Å². The van der Waals surface area contributed by atoms with E-state index >= 15 is 0 Å². The first-order chi connectivity index (χ1) is 18.2. The summed E-state index contributed by atoms with van der Waals surface area (Å²) in [6.07, 6.45) is 0. The summed E-state index contributed by atoms with van der Waals surface area (Å²) in [5.74, 6) is 0.339. The van der Waals surface area contributed by atoms with Crippen LogP contribution < -0.4 is 5.32 Å². The zero-order chi connectivity index (χ0) is 25.0. The van der Waals surface area contributed by atoms with Crippen LogP contribution in [0.4, 0.5) is 11.4 Å². The lowest BCUT2D eigenvalue weighted by atomic mass is 9.90. The second-order valence-electron chi connectivity index (χ2n) is 9.56. The van der Waals surface area contributed by atoms with Crippen molar-refractivity contribution < 1.29 is 0 Å². The van der Waals surface area contributed by atoms with E-state index in [1.807, 2.05) is 0 Å². The maximum atomic E-state index is 3.58. The Bertz CT molecular complexity index is 1610. The van der Waals surface area contributed by atoms with Crippen molar-refractivity contribution in [2.24, 2.45) is 0 Å². The summed E-state index contributed by atoms with van der Waals surface area (Å²) in [5.41, 5.74) is 9.82. The van der Waals surface area contributed by atoms with Crippen molar-refractivity contribution in [3.8, 4) is 22.3 Å². The highest BCUT2D eigenvalue weighted by atomic mass is 14.9. The standard InChI is InChI=1S/C36H29N/c1-26(27-14-18-30(19-15-27)29-8-3-2-4-9-29)28-16-20-31(21-17-28)32-22-24-34(25-23-32)37-36-13-7-11-33-10-5-6-12-35(33)36/h2-26,37H,1H3. The third-order valence-corrected chi connectivity index (χ3v) is 7.22. The number of fused-ring (bicyclic) bond motifs is 1. The Hall–Kier alpha value is -4.62. The number of hydrogen-bond donors (Lipinski definition) is 1. The van der Waals surface area contributed by atoms with Gasteiger partial charge in [-0.05, 0) is 57.0 Å². The normalized spacial score (nSPS) is 11.8. The quantitative estimate of drug-likeness (QED) is 0.253. The van der Waals surface area contributed by atoms with Crippen LogP contribution in [0, 0.1) is 0 Å². The van der Waals surface area contributed by atoms with Crippen LogP contribution >= 0.6 is 0 Å². The molecule has 1 unspecified atom stereocenters. The van der Waals surface area contributed by atoms with E-state index in [1.54, 1.807) is 0 Å². The van der Waals surface area contributed by atoms with E-state index in [0.29, 0.717) is 5.92 Å². The Morgan fingerprint density at radius 1 is 0.432 bits per heavy atom. The molecule has 178 valence electrons. The first-order valence-corrected chi connectivity index (χ1v) is 12.9. The van der Waals surface area contributed by atoms with Gasteiger partial charge in [-0.25, -0.2) is 0 Å². The van der Waals surface area contributed by atoms with Gasteiger partial charge >= 0.3 is 0 Å². The van der Waals surface area contributed by atoms with Crippen LogP contribution in [0.15, 0.2) is 146 Å². The van der Waals surface area contributed by atoms with Gasteiger partial charge < -0.3 is 5.32 Å². The summed E-state index contributed by atoms with van der Waals surface area (Å²) in [7, 11) is 0. The van der Waals surface area contributed by atoms with E-state index in [-0.39, 0.29) is 0 Å². The van der Waals surface area contributed by atoms with Crippen LogP contribution in [0.3, 0.4) is 0 Å². The second-order valence-corrected chi connectivity index (χ2v) is 9.56. The fourth-order valence-electron chi connectivity index (χ4n) is 4.99. The fourth-order valence-corrected chi connectivity index (χ4v) is 4.99. The maximum Gasteiger partial charge on any atom is 0.0463 e. The molecule has 0 aliphatic rings. The maximum absolute atomic E-state index is 3.58. The van der Waals surface area contributed by atoms with Crippen LogP contribution in [0.25, 0.3) is 33.0 Å². The SMILES string of the molecule is CC(c1ccc(-c2ccccc2)cc1)c1ccc(-c2ccc(Nc3cccc4ccccc34)cc2)cc1. The molecule has 0 aliphatic carbocycles. The summed E-state index contributed by atoms with van der Waals surface area (Å²) in [5, 5.41) is 6.05. The largest absolute Gasteiger partial charge is 0.355 e. The molecule has 0 saturated carbocycles. The number of rotatable bonds is 6. The van der Waals surface area contributed by atoms with Crippen LogP contribution in [0.2, 0.25) is 0 Å². The predicted octanol–water partition coefficient (Wildman–Crippen LogP) is 10.1. The lowest BCUT2D eigenvalue weighted by Crippen LogP contribution is -1.96. The Kier molecular flexibility index (Phi) is 6.27. The van der Waals surface area contributed by atoms with E-state index in [9.17, 15) is 0 Å². The Morgan fingerprint density at radius 2 is 0.919 bits per heavy atom. The first-order valence-electron chi connectivity index (χ1n) is 12.9. The first kappa shape index (κ1) is 22.8. The average Bonchev–Trinajstić information content (AvgIpc) is 2.98. The monoisotopic (exact) mass is 475 g/mol. The number of anilines is 2. The number of hydrogen-bond acceptors (Lipinski definition) is 1. The summed E-state index contributed by atoms with van der Waals surface area (Å²) in [4.78, 5) is 0. The van der Waals surface area contributed by atoms with Gasteiger partial charge in [0.15, 0.2) is 0 Å². The van der Waals surface area contributed by atoms with Crippen molar-refractivity contribution in [1.82, 2.24) is 0 Å². The van der Waals surface area contributed by atoms with Gasteiger partial charge in [-0.1, -0.05) is 134 Å². The highest BCUT2D eigenvalue weighted by molar-refractivity contribution is 5.95. The molecule has 1 atom stereocenters. The zero-order valence-electron chi connectivity index (χ0n) is 20.9. The third-order valence-electron chi connectivity index (χ3n) is 7.22. The van der Waals surface area contributed by atoms with E-state index in [1.165, 1.54) is 44.2 Å². The topological polar surface area (TPSA) is 12.0 Å².